The van der Waals surface area contributed by atoms with Gasteiger partial charge in [0.15, 0.2) is 0 Å². The first-order valence-electron chi connectivity index (χ1n) is 6.20. The molecule has 1 atom stereocenters. The van der Waals surface area contributed by atoms with Crippen LogP contribution in [0.25, 0.3) is 0 Å². The number of rotatable bonds is 4. The van der Waals surface area contributed by atoms with Gasteiger partial charge in [0, 0.05) is 23.2 Å². The van der Waals surface area contributed by atoms with E-state index in [4.69, 9.17) is 11.6 Å². The van der Waals surface area contributed by atoms with Crippen molar-refractivity contribution in [2.75, 3.05) is 6.54 Å². The van der Waals surface area contributed by atoms with Crippen LogP contribution >= 0.6 is 22.9 Å². The Bertz CT molecular complexity index is 502. The lowest BCUT2D eigenvalue weighted by Crippen LogP contribution is -2.50. The van der Waals surface area contributed by atoms with Gasteiger partial charge in [0.1, 0.15) is 5.54 Å². The van der Waals surface area contributed by atoms with Crippen molar-refractivity contribution < 1.29 is 14.7 Å². The maximum Gasteiger partial charge on any atom is 0.329 e. The van der Waals surface area contributed by atoms with E-state index in [2.05, 4.69) is 0 Å². The van der Waals surface area contributed by atoms with E-state index in [1.807, 2.05) is 11.4 Å². The summed E-state index contributed by atoms with van der Waals surface area (Å²) in [6, 6.07) is 1.85. The second-order valence-electron chi connectivity index (χ2n) is 4.96. The molecule has 0 aromatic carbocycles. The quantitative estimate of drug-likeness (QED) is 0.930. The number of hydrogen-bond acceptors (Lipinski definition) is 3. The third-order valence-corrected chi connectivity index (χ3v) is 4.95. The largest absolute Gasteiger partial charge is 0.480 e. The molecule has 0 bridgehead atoms. The zero-order valence-electron chi connectivity index (χ0n) is 10.7. The van der Waals surface area contributed by atoms with Gasteiger partial charge in [0.05, 0.1) is 5.02 Å². The molecular weight excluding hydrogens is 286 g/mol. The van der Waals surface area contributed by atoms with Crippen LogP contribution in [0.3, 0.4) is 0 Å². The fourth-order valence-electron chi connectivity index (χ4n) is 2.44. The number of likely N-dealkylation sites (tertiary alicyclic amines) is 1. The van der Waals surface area contributed by atoms with Gasteiger partial charge in [-0.2, -0.15) is 0 Å². The van der Waals surface area contributed by atoms with Crippen molar-refractivity contribution in [3.8, 4) is 0 Å². The Labute approximate surface area is 121 Å². The number of amides is 1. The van der Waals surface area contributed by atoms with Crippen LogP contribution in [0.5, 0.6) is 0 Å². The Kier molecular flexibility index (Phi) is 4.16. The minimum absolute atomic E-state index is 0.0908. The molecule has 1 aromatic heterocycles. The molecule has 0 saturated carbocycles. The fourth-order valence-corrected chi connectivity index (χ4v) is 3.51. The number of halogens is 1. The number of carboxylic acid groups (broad SMARTS) is 1. The van der Waals surface area contributed by atoms with E-state index in [0.717, 1.165) is 11.3 Å². The summed E-state index contributed by atoms with van der Waals surface area (Å²) in [6.45, 7) is 2.16. The SMILES string of the molecule is CC1(C(=O)O)CCCN1C(=O)CCc1cc(Cl)cs1. The normalized spacial score (nSPS) is 22.7. The van der Waals surface area contributed by atoms with Crippen LogP contribution in [0, 0.1) is 0 Å². The average molecular weight is 302 g/mol. The van der Waals surface area contributed by atoms with Crippen LogP contribution in [0.1, 0.15) is 31.1 Å². The minimum Gasteiger partial charge on any atom is -0.480 e. The molecule has 1 unspecified atom stereocenters. The van der Waals surface area contributed by atoms with Gasteiger partial charge in [0.25, 0.3) is 0 Å². The first-order chi connectivity index (χ1) is 8.93. The molecule has 1 aliphatic heterocycles. The molecule has 0 spiro atoms. The van der Waals surface area contributed by atoms with E-state index in [0.29, 0.717) is 30.8 Å². The number of aliphatic carboxylic acids is 1. The maximum atomic E-state index is 12.2. The summed E-state index contributed by atoms with van der Waals surface area (Å²) in [5.41, 5.74) is -1.04. The number of nitrogens with zero attached hydrogens (tertiary/aromatic N) is 1. The monoisotopic (exact) mass is 301 g/mol. The van der Waals surface area contributed by atoms with Crippen molar-refractivity contribution in [1.82, 2.24) is 4.90 Å². The highest BCUT2D eigenvalue weighted by atomic mass is 35.5. The van der Waals surface area contributed by atoms with Crippen molar-refractivity contribution in [3.05, 3.63) is 21.3 Å². The molecule has 4 nitrogen and oxygen atoms in total. The lowest BCUT2D eigenvalue weighted by atomic mass is 9.99. The van der Waals surface area contributed by atoms with Crippen LogP contribution in [-0.2, 0) is 16.0 Å². The van der Waals surface area contributed by atoms with Crippen molar-refractivity contribution in [1.29, 1.82) is 0 Å². The van der Waals surface area contributed by atoms with Crippen LogP contribution < -0.4 is 0 Å². The zero-order chi connectivity index (χ0) is 14.0. The van der Waals surface area contributed by atoms with E-state index >= 15 is 0 Å². The van der Waals surface area contributed by atoms with Gasteiger partial charge in [-0.1, -0.05) is 11.6 Å². The predicted octanol–water partition coefficient (Wildman–Crippen LogP) is 2.80. The van der Waals surface area contributed by atoms with E-state index in [9.17, 15) is 14.7 Å². The number of carbonyl (C=O) groups excluding carboxylic acids is 1. The number of carbonyl (C=O) groups is 2. The van der Waals surface area contributed by atoms with Crippen molar-refractivity contribution in [2.24, 2.45) is 0 Å². The molecule has 1 N–H and O–H groups in total. The Balaban J connectivity index is 1.98. The van der Waals surface area contributed by atoms with Crippen molar-refractivity contribution >= 4 is 34.8 Å². The molecule has 1 aromatic rings. The molecule has 6 heteroatoms. The standard InChI is InChI=1S/C13H16ClNO3S/c1-13(12(17)18)5-2-6-15(13)11(16)4-3-10-7-9(14)8-19-10/h7-8H,2-6H2,1H3,(H,17,18). The van der Waals surface area contributed by atoms with Crippen LogP contribution in [-0.4, -0.2) is 34.0 Å². The lowest BCUT2D eigenvalue weighted by Gasteiger charge is -2.31. The van der Waals surface area contributed by atoms with Crippen LogP contribution in [0.4, 0.5) is 0 Å². The van der Waals surface area contributed by atoms with Gasteiger partial charge in [0.2, 0.25) is 5.91 Å². The Morgan fingerprint density at radius 2 is 2.32 bits per heavy atom. The van der Waals surface area contributed by atoms with Gasteiger partial charge >= 0.3 is 5.97 Å². The molecule has 1 fully saturated rings. The van der Waals surface area contributed by atoms with Crippen molar-refractivity contribution in [3.63, 3.8) is 0 Å². The molecule has 19 heavy (non-hydrogen) atoms. The number of thiophene rings is 1. The van der Waals surface area contributed by atoms with Gasteiger partial charge in [-0.3, -0.25) is 4.79 Å². The first kappa shape index (κ1) is 14.3. The second-order valence-corrected chi connectivity index (χ2v) is 6.39. The van der Waals surface area contributed by atoms with Crippen LogP contribution in [0.2, 0.25) is 5.02 Å². The maximum absolute atomic E-state index is 12.2. The molecule has 1 amide bonds. The highest BCUT2D eigenvalue weighted by Gasteiger charge is 2.45. The van der Waals surface area contributed by atoms with Gasteiger partial charge in [-0.25, -0.2) is 4.79 Å². The third-order valence-electron chi connectivity index (χ3n) is 3.61. The summed E-state index contributed by atoms with van der Waals surface area (Å²) in [5, 5.41) is 11.8. The summed E-state index contributed by atoms with van der Waals surface area (Å²) >= 11 is 7.35. The highest BCUT2D eigenvalue weighted by molar-refractivity contribution is 7.10. The zero-order valence-corrected chi connectivity index (χ0v) is 12.3. The van der Waals surface area contributed by atoms with Crippen LogP contribution in [0.15, 0.2) is 11.4 Å². The number of hydrogen-bond donors (Lipinski definition) is 1. The number of carboxylic acids is 1. The minimum atomic E-state index is -1.04. The van der Waals surface area contributed by atoms with Gasteiger partial charge in [-0.15, -0.1) is 11.3 Å². The molecule has 0 aliphatic carbocycles. The highest BCUT2D eigenvalue weighted by Crippen LogP contribution is 2.30. The average Bonchev–Trinajstić information content (AvgIpc) is 2.93. The molecular formula is C13H16ClNO3S. The summed E-state index contributed by atoms with van der Waals surface area (Å²) < 4.78 is 0. The van der Waals surface area contributed by atoms with Gasteiger partial charge in [-0.05, 0) is 32.3 Å². The number of aryl methyl sites for hydroxylation is 1. The van der Waals surface area contributed by atoms with Crippen molar-refractivity contribution in [2.45, 2.75) is 38.1 Å². The fraction of sp³-hybridized carbons (Fsp3) is 0.538. The summed E-state index contributed by atoms with van der Waals surface area (Å²) in [7, 11) is 0. The summed E-state index contributed by atoms with van der Waals surface area (Å²) in [4.78, 5) is 26.0. The Morgan fingerprint density at radius 3 is 2.89 bits per heavy atom. The topological polar surface area (TPSA) is 57.6 Å². The molecule has 2 rings (SSSR count). The van der Waals surface area contributed by atoms with E-state index < -0.39 is 11.5 Å². The van der Waals surface area contributed by atoms with E-state index in [1.54, 1.807) is 6.92 Å². The molecule has 104 valence electrons. The summed E-state index contributed by atoms with van der Waals surface area (Å²) in [6.07, 6.45) is 2.22. The molecule has 1 aliphatic rings. The second kappa shape index (κ2) is 5.51. The predicted molar refractivity (Wildman–Crippen MR) is 74.6 cm³/mol. The smallest absolute Gasteiger partial charge is 0.329 e. The lowest BCUT2D eigenvalue weighted by molar-refractivity contribution is -0.155. The summed E-state index contributed by atoms with van der Waals surface area (Å²) in [5.74, 6) is -1.01. The Morgan fingerprint density at radius 1 is 1.58 bits per heavy atom. The third kappa shape index (κ3) is 2.92. The Hall–Kier alpha value is -1.07. The molecule has 2 heterocycles. The van der Waals surface area contributed by atoms with E-state index in [1.165, 1.54) is 16.2 Å². The molecule has 0 radical (unpaired) electrons. The molecule has 1 saturated heterocycles. The first-order valence-corrected chi connectivity index (χ1v) is 7.46. The van der Waals surface area contributed by atoms with Gasteiger partial charge < -0.3 is 10.0 Å². The van der Waals surface area contributed by atoms with E-state index in [-0.39, 0.29) is 5.91 Å².